The highest BCUT2D eigenvalue weighted by Gasteiger charge is 2.35. The molecule has 0 amide bonds. The molecule has 0 radical (unpaired) electrons. The molecule has 0 unspecified atom stereocenters. The molecule has 7 nitrogen and oxygen atoms in total. The molecule has 1 aliphatic heterocycles. The van der Waals surface area contributed by atoms with Crippen molar-refractivity contribution in [2.24, 2.45) is 0 Å². The first-order valence-corrected chi connectivity index (χ1v) is 12.6. The van der Waals surface area contributed by atoms with Crippen molar-refractivity contribution in [1.29, 1.82) is 0 Å². The van der Waals surface area contributed by atoms with Crippen LogP contribution in [0.2, 0.25) is 0 Å². The minimum Gasteiger partial charge on any atom is -0.338 e. The Labute approximate surface area is 185 Å². The highest BCUT2D eigenvalue weighted by atomic mass is 32.2. The molecule has 1 saturated heterocycles. The summed E-state index contributed by atoms with van der Waals surface area (Å²) >= 11 is 0. The first-order valence-electron chi connectivity index (χ1n) is 11.2. The molecule has 1 aromatic carbocycles. The van der Waals surface area contributed by atoms with Gasteiger partial charge in [-0.3, -0.25) is 4.90 Å². The van der Waals surface area contributed by atoms with Gasteiger partial charge >= 0.3 is 0 Å². The van der Waals surface area contributed by atoms with Crippen molar-refractivity contribution in [3.8, 4) is 0 Å². The summed E-state index contributed by atoms with van der Waals surface area (Å²) in [5.41, 5.74) is 2.77. The predicted octanol–water partition coefficient (Wildman–Crippen LogP) is 3.93. The van der Waals surface area contributed by atoms with Crippen molar-refractivity contribution in [2.75, 3.05) is 26.2 Å². The van der Waals surface area contributed by atoms with E-state index in [1.54, 1.807) is 4.31 Å². The summed E-state index contributed by atoms with van der Waals surface area (Å²) < 4.78 is 34.1. The number of piperazine rings is 1. The van der Waals surface area contributed by atoms with Gasteiger partial charge in [-0.2, -0.15) is 9.29 Å². The number of aryl methyl sites for hydroxylation is 2. The average Bonchev–Trinajstić information content (AvgIpc) is 3.43. The fourth-order valence-electron chi connectivity index (χ4n) is 4.33. The molecule has 2 heterocycles. The average molecular weight is 447 g/mol. The smallest absolute Gasteiger partial charge is 0.243 e. The summed E-state index contributed by atoms with van der Waals surface area (Å²) in [6.45, 7) is 14.5. The van der Waals surface area contributed by atoms with Crippen LogP contribution < -0.4 is 0 Å². The Hall–Kier alpha value is -1.77. The molecule has 1 saturated carbocycles. The minimum absolute atomic E-state index is 0.0144. The third-order valence-corrected chi connectivity index (χ3v) is 8.71. The van der Waals surface area contributed by atoms with E-state index >= 15 is 0 Å². The first-order chi connectivity index (χ1) is 14.5. The normalized spacial score (nSPS) is 20.2. The Morgan fingerprint density at radius 1 is 1.06 bits per heavy atom. The topological polar surface area (TPSA) is 79.5 Å². The van der Waals surface area contributed by atoms with E-state index in [-0.39, 0.29) is 11.5 Å². The molecular weight excluding hydrogens is 412 g/mol. The Kier molecular flexibility index (Phi) is 5.77. The van der Waals surface area contributed by atoms with Gasteiger partial charge in [0.15, 0.2) is 5.82 Å². The van der Waals surface area contributed by atoms with E-state index in [0.29, 0.717) is 42.9 Å². The Bertz CT molecular complexity index is 1040. The van der Waals surface area contributed by atoms with E-state index in [1.807, 2.05) is 32.9 Å². The fourth-order valence-corrected chi connectivity index (χ4v) is 6.16. The first kappa shape index (κ1) is 22.4. The van der Waals surface area contributed by atoms with Crippen molar-refractivity contribution in [2.45, 2.75) is 76.7 Å². The van der Waals surface area contributed by atoms with Crippen LogP contribution in [0.1, 0.15) is 80.9 Å². The predicted molar refractivity (Wildman–Crippen MR) is 120 cm³/mol. The number of sulfonamides is 1. The number of hydrogen-bond donors (Lipinski definition) is 0. The van der Waals surface area contributed by atoms with Crippen molar-refractivity contribution in [3.05, 3.63) is 40.5 Å². The molecule has 2 fully saturated rings. The van der Waals surface area contributed by atoms with Gasteiger partial charge < -0.3 is 4.52 Å². The number of hydrogen-bond acceptors (Lipinski definition) is 6. The van der Waals surface area contributed by atoms with Crippen LogP contribution in [0, 0.1) is 13.8 Å². The number of nitrogens with zero attached hydrogens (tertiary/aromatic N) is 4. The molecular formula is C23H34N4O3S. The molecule has 0 N–H and O–H groups in total. The lowest BCUT2D eigenvalue weighted by Crippen LogP contribution is -2.49. The summed E-state index contributed by atoms with van der Waals surface area (Å²) in [5, 5.41) is 4.11. The van der Waals surface area contributed by atoms with Gasteiger partial charge in [0, 0.05) is 32.1 Å². The molecule has 0 bridgehead atoms. The van der Waals surface area contributed by atoms with Crippen LogP contribution in [0.25, 0.3) is 0 Å². The van der Waals surface area contributed by atoms with Gasteiger partial charge in [-0.1, -0.05) is 38.1 Å². The summed E-state index contributed by atoms with van der Waals surface area (Å²) in [5.74, 6) is 1.90. The van der Waals surface area contributed by atoms with Gasteiger partial charge in [0.25, 0.3) is 0 Å². The number of aromatic nitrogens is 2. The molecule has 1 atom stereocenters. The van der Waals surface area contributed by atoms with Gasteiger partial charge in [-0.25, -0.2) is 8.42 Å². The molecule has 31 heavy (non-hydrogen) atoms. The second-order valence-electron chi connectivity index (χ2n) is 10.1. The quantitative estimate of drug-likeness (QED) is 0.692. The third-order valence-electron chi connectivity index (χ3n) is 6.50. The molecule has 1 aromatic heterocycles. The monoisotopic (exact) mass is 446 g/mol. The van der Waals surface area contributed by atoms with Gasteiger partial charge in [-0.15, -0.1) is 0 Å². The maximum absolute atomic E-state index is 13.5. The van der Waals surface area contributed by atoms with Crippen molar-refractivity contribution < 1.29 is 12.9 Å². The highest BCUT2D eigenvalue weighted by molar-refractivity contribution is 7.89. The van der Waals surface area contributed by atoms with Crippen LogP contribution in [0.4, 0.5) is 0 Å². The second kappa shape index (κ2) is 7.98. The molecule has 1 aliphatic carbocycles. The van der Waals surface area contributed by atoms with Gasteiger partial charge in [0.1, 0.15) is 0 Å². The standard InChI is InChI=1S/C23H34N4O3S/c1-15-13-19(23(4,5)6)14-16(2)20(15)31(28,29)27-11-9-26(10-12-27)17(3)22-24-21(25-30-22)18-7-8-18/h13-14,17-18H,7-12H2,1-6H3/t17-/m0/s1. The van der Waals surface area contributed by atoms with E-state index in [0.717, 1.165) is 35.4 Å². The number of rotatable bonds is 5. The van der Waals surface area contributed by atoms with E-state index in [4.69, 9.17) is 4.52 Å². The summed E-state index contributed by atoms with van der Waals surface area (Å²) in [7, 11) is -3.54. The lowest BCUT2D eigenvalue weighted by molar-refractivity contribution is 0.124. The zero-order valence-corrected chi connectivity index (χ0v) is 20.3. The second-order valence-corrected chi connectivity index (χ2v) is 11.9. The van der Waals surface area contributed by atoms with Gasteiger partial charge in [0.2, 0.25) is 15.9 Å². The zero-order chi connectivity index (χ0) is 22.6. The van der Waals surface area contributed by atoms with E-state index in [9.17, 15) is 8.42 Å². The molecule has 4 rings (SSSR count). The number of benzene rings is 1. The lowest BCUT2D eigenvalue weighted by atomic mass is 9.85. The SMILES string of the molecule is Cc1cc(C(C)(C)C)cc(C)c1S(=O)(=O)N1CCN([C@@H](C)c2nc(C3CC3)no2)CC1. The van der Waals surface area contributed by atoms with Crippen molar-refractivity contribution >= 4 is 10.0 Å². The minimum atomic E-state index is -3.54. The van der Waals surface area contributed by atoms with Crippen LogP contribution in [0.5, 0.6) is 0 Å². The summed E-state index contributed by atoms with van der Waals surface area (Å²) in [6.07, 6.45) is 2.28. The van der Waals surface area contributed by atoms with E-state index in [2.05, 4.69) is 35.8 Å². The maximum atomic E-state index is 13.5. The van der Waals surface area contributed by atoms with Crippen LogP contribution in [0.3, 0.4) is 0 Å². The van der Waals surface area contributed by atoms with Crippen molar-refractivity contribution in [1.82, 2.24) is 19.3 Å². The van der Waals surface area contributed by atoms with Crippen LogP contribution in [0.15, 0.2) is 21.6 Å². The molecule has 170 valence electrons. The van der Waals surface area contributed by atoms with Gasteiger partial charge in [0.05, 0.1) is 10.9 Å². The largest absolute Gasteiger partial charge is 0.338 e. The molecule has 0 spiro atoms. The van der Waals surface area contributed by atoms with Crippen molar-refractivity contribution in [3.63, 3.8) is 0 Å². The highest BCUT2D eigenvalue weighted by Crippen LogP contribution is 2.39. The van der Waals surface area contributed by atoms with Crippen LogP contribution in [-0.4, -0.2) is 53.9 Å². The Balaban J connectivity index is 1.47. The molecule has 8 heteroatoms. The third kappa shape index (κ3) is 4.43. The fraction of sp³-hybridized carbons (Fsp3) is 0.652. The Morgan fingerprint density at radius 3 is 2.16 bits per heavy atom. The summed E-state index contributed by atoms with van der Waals surface area (Å²) in [6, 6.07) is 4.02. The summed E-state index contributed by atoms with van der Waals surface area (Å²) in [4.78, 5) is 7.24. The van der Waals surface area contributed by atoms with Gasteiger partial charge in [-0.05, 0) is 55.7 Å². The Morgan fingerprint density at radius 2 is 1.65 bits per heavy atom. The van der Waals surface area contributed by atoms with Crippen LogP contribution >= 0.6 is 0 Å². The van der Waals surface area contributed by atoms with E-state index < -0.39 is 10.0 Å². The lowest BCUT2D eigenvalue weighted by Gasteiger charge is -2.36. The van der Waals surface area contributed by atoms with Crippen LogP contribution in [-0.2, 0) is 15.4 Å². The van der Waals surface area contributed by atoms with E-state index in [1.165, 1.54) is 0 Å². The molecule has 2 aromatic rings. The zero-order valence-electron chi connectivity index (χ0n) is 19.5. The molecule has 2 aliphatic rings. The maximum Gasteiger partial charge on any atom is 0.243 e.